The fourth-order valence-corrected chi connectivity index (χ4v) is 2.46. The minimum Gasteiger partial charge on any atom is -0.453 e. The van der Waals surface area contributed by atoms with Crippen LogP contribution in [0.1, 0.15) is 5.56 Å². The largest absolute Gasteiger partial charge is 0.453 e. The van der Waals surface area contributed by atoms with E-state index in [1.807, 2.05) is 0 Å². The van der Waals surface area contributed by atoms with Gasteiger partial charge in [-0.05, 0) is 24.4 Å². The van der Waals surface area contributed by atoms with E-state index in [-0.39, 0.29) is 16.5 Å². The van der Waals surface area contributed by atoms with E-state index in [1.54, 1.807) is 12.1 Å². The van der Waals surface area contributed by atoms with Gasteiger partial charge < -0.3 is 10.1 Å². The molecule has 0 saturated carbocycles. The number of ether oxygens (including phenoxy) is 1. The third-order valence-electron chi connectivity index (χ3n) is 3.61. The lowest BCUT2D eigenvalue weighted by Crippen LogP contribution is -2.33. The molecule has 0 aromatic heterocycles. The van der Waals surface area contributed by atoms with E-state index in [2.05, 4.69) is 20.4 Å². The molecule has 0 aliphatic carbocycles. The highest BCUT2D eigenvalue weighted by Crippen LogP contribution is 2.33. The van der Waals surface area contributed by atoms with E-state index in [0.717, 1.165) is 13.3 Å². The first-order chi connectivity index (χ1) is 14.6. The zero-order valence-corrected chi connectivity index (χ0v) is 16.3. The Hall–Kier alpha value is -4.53. The fourth-order valence-electron chi connectivity index (χ4n) is 2.27. The number of hydrogen-bond donors (Lipinski definition) is 2. The molecule has 0 saturated heterocycles. The summed E-state index contributed by atoms with van der Waals surface area (Å²) in [5, 5.41) is 38.4. The Bertz CT molecular complexity index is 1080. The number of carbonyl (C=O) groups excluding carboxylic acids is 1. The lowest BCUT2D eigenvalue weighted by molar-refractivity contribution is -0.403. The maximum Gasteiger partial charge on any atom is 0.413 e. The molecule has 2 rings (SSSR count). The number of hydrogen-bond acceptors (Lipinski definition) is 10. The molecule has 0 unspecified atom stereocenters. The summed E-state index contributed by atoms with van der Waals surface area (Å²) in [7, 11) is 1.14. The van der Waals surface area contributed by atoms with Crippen molar-refractivity contribution in [3.8, 4) is 0 Å². The molecule has 2 aromatic carbocycles. The van der Waals surface area contributed by atoms with E-state index in [0.29, 0.717) is 12.1 Å². The predicted molar refractivity (Wildman–Crippen MR) is 112 cm³/mol. The number of nitro groups is 3. The fraction of sp³-hybridized carbons (Fsp3) is 0.0625. The van der Waals surface area contributed by atoms with Crippen LogP contribution < -0.4 is 10.6 Å². The van der Waals surface area contributed by atoms with E-state index in [1.165, 1.54) is 12.1 Å². The Morgan fingerprint density at radius 3 is 2.16 bits per heavy atom. The van der Waals surface area contributed by atoms with E-state index >= 15 is 0 Å². The number of thiocarbonyl (C=S) groups is 1. The number of alkyl carbamates (subject to hydrolysis) is 1. The predicted octanol–water partition coefficient (Wildman–Crippen LogP) is 3.21. The van der Waals surface area contributed by atoms with Crippen LogP contribution in [0.2, 0.25) is 0 Å². The van der Waals surface area contributed by atoms with Crippen molar-refractivity contribution < 1.29 is 24.3 Å². The average molecular weight is 448 g/mol. The lowest BCUT2D eigenvalue weighted by Gasteiger charge is -2.10. The molecule has 2 N–H and O–H groups in total. The molecule has 14 nitrogen and oxygen atoms in total. The van der Waals surface area contributed by atoms with Crippen LogP contribution >= 0.6 is 12.2 Å². The van der Waals surface area contributed by atoms with Crippen LogP contribution in [0.4, 0.5) is 33.2 Å². The number of para-hydroxylation sites is 2. The van der Waals surface area contributed by atoms with Crippen LogP contribution in [0.15, 0.2) is 41.4 Å². The van der Waals surface area contributed by atoms with Crippen LogP contribution in [0.3, 0.4) is 0 Å². The van der Waals surface area contributed by atoms with Crippen LogP contribution in [-0.4, -0.2) is 39.3 Å². The zero-order chi connectivity index (χ0) is 23.1. The van der Waals surface area contributed by atoms with Crippen molar-refractivity contribution in [3.63, 3.8) is 0 Å². The molecule has 0 fully saturated rings. The number of anilines is 1. The van der Waals surface area contributed by atoms with Gasteiger partial charge in [0.05, 0.1) is 45.4 Å². The topological polar surface area (TPSA) is 192 Å². The summed E-state index contributed by atoms with van der Waals surface area (Å²) in [6.45, 7) is 0. The van der Waals surface area contributed by atoms with E-state index in [9.17, 15) is 35.1 Å². The third-order valence-corrected chi connectivity index (χ3v) is 3.82. The first kappa shape index (κ1) is 22.8. The maximum absolute atomic E-state index is 11.3. The van der Waals surface area contributed by atoms with Gasteiger partial charge in [0.25, 0.3) is 17.1 Å². The molecule has 15 heteroatoms. The second kappa shape index (κ2) is 9.79. The molecule has 0 atom stereocenters. The van der Waals surface area contributed by atoms with Crippen molar-refractivity contribution in [2.75, 3.05) is 12.4 Å². The Labute approximate surface area is 178 Å². The van der Waals surface area contributed by atoms with Gasteiger partial charge in [-0.25, -0.2) is 4.79 Å². The maximum atomic E-state index is 11.3. The van der Waals surface area contributed by atoms with E-state index < -0.39 is 43.5 Å². The molecule has 160 valence electrons. The van der Waals surface area contributed by atoms with Gasteiger partial charge in [0.15, 0.2) is 5.11 Å². The summed E-state index contributed by atoms with van der Waals surface area (Å²) >= 11 is 4.95. The number of aliphatic imine (C=N–C) groups is 1. The van der Waals surface area contributed by atoms with Gasteiger partial charge in [0, 0.05) is 6.21 Å². The van der Waals surface area contributed by atoms with Crippen molar-refractivity contribution >= 4 is 58.1 Å². The van der Waals surface area contributed by atoms with Crippen molar-refractivity contribution in [1.82, 2.24) is 5.32 Å². The lowest BCUT2D eigenvalue weighted by atomic mass is 10.1. The van der Waals surface area contributed by atoms with Gasteiger partial charge >= 0.3 is 6.09 Å². The minimum absolute atomic E-state index is 0.137. The molecule has 0 bridgehead atoms. The molecule has 0 aliphatic rings. The number of methoxy groups -OCH3 is 1. The first-order valence-electron chi connectivity index (χ1n) is 8.04. The first-order valence-corrected chi connectivity index (χ1v) is 8.45. The van der Waals surface area contributed by atoms with Crippen LogP contribution in [-0.2, 0) is 4.74 Å². The number of non-ortho nitro benzene ring substituents is 1. The molecule has 0 radical (unpaired) electrons. The molecule has 2 aromatic rings. The van der Waals surface area contributed by atoms with Gasteiger partial charge in [-0.3, -0.25) is 40.7 Å². The Morgan fingerprint density at radius 2 is 1.65 bits per heavy atom. The molecule has 0 spiro atoms. The smallest absolute Gasteiger partial charge is 0.413 e. The molecule has 0 heterocycles. The van der Waals surface area contributed by atoms with Crippen LogP contribution in [0.25, 0.3) is 0 Å². The Balaban J connectivity index is 2.50. The summed E-state index contributed by atoms with van der Waals surface area (Å²) in [5.74, 6) is 0. The van der Waals surface area contributed by atoms with Gasteiger partial charge in [0.1, 0.15) is 5.56 Å². The standard InChI is InChI=1S/C16H12N6O8S/c1-30-16(23)19-15(31)18-12-5-3-2-4-11(12)17-8-10-13(21(26)27)6-9(20(24)25)7-14(10)22(28)29/h2-8H,1H3,(H2,18,19,23,31)/b17-8+. The molecule has 31 heavy (non-hydrogen) atoms. The summed E-state index contributed by atoms with van der Waals surface area (Å²) < 4.78 is 4.41. The highest BCUT2D eigenvalue weighted by molar-refractivity contribution is 7.80. The molecule has 1 amide bonds. The second-order valence-corrected chi connectivity index (χ2v) is 5.92. The van der Waals surface area contributed by atoms with Crippen molar-refractivity contribution in [3.05, 3.63) is 72.3 Å². The van der Waals surface area contributed by atoms with Gasteiger partial charge in [0.2, 0.25) is 0 Å². The number of nitrogens with zero attached hydrogens (tertiary/aromatic N) is 4. The number of rotatable bonds is 6. The van der Waals surface area contributed by atoms with Crippen molar-refractivity contribution in [1.29, 1.82) is 0 Å². The van der Waals surface area contributed by atoms with Gasteiger partial charge in [-0.15, -0.1) is 0 Å². The van der Waals surface area contributed by atoms with Crippen molar-refractivity contribution in [2.24, 2.45) is 4.99 Å². The summed E-state index contributed by atoms with van der Waals surface area (Å²) in [4.78, 5) is 45.9. The number of nitro benzene ring substituents is 3. The zero-order valence-electron chi connectivity index (χ0n) is 15.5. The highest BCUT2D eigenvalue weighted by Gasteiger charge is 2.29. The third kappa shape index (κ3) is 5.73. The second-order valence-electron chi connectivity index (χ2n) is 5.52. The molecular weight excluding hydrogens is 436 g/mol. The number of nitrogens with one attached hydrogen (secondary N) is 2. The van der Waals surface area contributed by atoms with Crippen LogP contribution in [0.5, 0.6) is 0 Å². The Morgan fingerprint density at radius 1 is 1.06 bits per heavy atom. The number of benzene rings is 2. The SMILES string of the molecule is COC(=O)NC(=S)Nc1ccccc1/N=C/c1c([N+](=O)[O-])cc([N+](=O)[O-])cc1[N+](=O)[O-]. The number of carbonyl (C=O) groups is 1. The highest BCUT2D eigenvalue weighted by atomic mass is 32.1. The monoisotopic (exact) mass is 448 g/mol. The minimum atomic E-state index is -0.985. The van der Waals surface area contributed by atoms with Gasteiger partial charge in [-0.1, -0.05) is 12.1 Å². The summed E-state index contributed by atoms with van der Waals surface area (Å²) in [6.07, 6.45) is 0.0210. The Kier molecular flexibility index (Phi) is 7.19. The van der Waals surface area contributed by atoms with Crippen LogP contribution in [0, 0.1) is 30.3 Å². The summed E-state index contributed by atoms with van der Waals surface area (Å²) in [5.41, 5.74) is -2.66. The van der Waals surface area contributed by atoms with Crippen molar-refractivity contribution in [2.45, 2.75) is 0 Å². The van der Waals surface area contributed by atoms with E-state index in [4.69, 9.17) is 12.2 Å². The summed E-state index contributed by atoms with van der Waals surface area (Å²) in [6, 6.07) is 7.34. The quantitative estimate of drug-likeness (QED) is 0.287. The van der Waals surface area contributed by atoms with Gasteiger partial charge in [-0.2, -0.15) is 0 Å². The molecular formula is C16H12N6O8S. The normalized spacial score (nSPS) is 10.4. The number of amides is 1. The molecule has 0 aliphatic heterocycles. The average Bonchev–Trinajstić information content (AvgIpc) is 2.71.